The Balaban J connectivity index is 1.89. The molecular weight excluding hydrogens is 702 g/mol. The lowest BCUT2D eigenvalue weighted by molar-refractivity contribution is -0.345. The van der Waals surface area contributed by atoms with Crippen LogP contribution in [0, 0.1) is 17.8 Å². The molecule has 0 saturated carbocycles. The van der Waals surface area contributed by atoms with E-state index in [1.807, 2.05) is 19.9 Å². The van der Waals surface area contributed by atoms with E-state index >= 15 is 0 Å². The molecule has 14 heteroatoms. The summed E-state index contributed by atoms with van der Waals surface area (Å²) in [6.45, 7) is 13.6. The number of hydrogen-bond acceptors (Lipinski definition) is 14. The number of allylic oxidation sites excluding steroid dienone is 2. The van der Waals surface area contributed by atoms with Crippen LogP contribution in [-0.4, -0.2) is 151 Å². The standard InChI is InChI=1S/C40H69NO13/c1-23(2)17-19-49-38-27(6)51-32(22-40(38,7)47)53-35-26(5)52-39(34(46)33(35)41(8)9)54-36-28(16-18-42)20-24(3)29(43)15-13-11-12-14-25(4)50-31(45)21-30(44)37(36)48-10/h11-13,15,18,23-30,32-39,43-44,46-47H,14,16-17,19-22H2,1-10H3/b12-11+,15-13+/t24-,25-,26-,27+,28+,29+,30-,32+,33-,34-,35-,36+,37?,38+,39+,40-/m1/s1. The molecule has 0 bridgehead atoms. The normalized spacial score (nSPS) is 43.1. The molecule has 0 spiro atoms. The van der Waals surface area contributed by atoms with Gasteiger partial charge in [0.25, 0.3) is 0 Å². The lowest BCUT2D eigenvalue weighted by Gasteiger charge is -2.50. The second-order valence-electron chi connectivity index (χ2n) is 16.3. The minimum atomic E-state index is -1.41. The summed E-state index contributed by atoms with van der Waals surface area (Å²) in [5.74, 6) is -1.16. The zero-order chi connectivity index (χ0) is 40.3. The van der Waals surface area contributed by atoms with Gasteiger partial charge in [-0.1, -0.05) is 45.1 Å². The van der Waals surface area contributed by atoms with Gasteiger partial charge in [0.15, 0.2) is 12.6 Å². The molecule has 0 aromatic heterocycles. The molecule has 2 fully saturated rings. The number of esters is 1. The van der Waals surface area contributed by atoms with Crippen LogP contribution in [0.3, 0.4) is 0 Å². The number of aliphatic hydroxyl groups is 4. The molecule has 4 N–H and O–H groups in total. The maximum atomic E-state index is 12.9. The summed E-state index contributed by atoms with van der Waals surface area (Å²) in [6.07, 6.45) is -1.91. The highest BCUT2D eigenvalue weighted by Crippen LogP contribution is 2.37. The van der Waals surface area contributed by atoms with Gasteiger partial charge in [0.1, 0.15) is 36.8 Å². The van der Waals surface area contributed by atoms with Gasteiger partial charge in [0.05, 0.1) is 48.6 Å². The van der Waals surface area contributed by atoms with E-state index in [1.165, 1.54) is 7.11 Å². The van der Waals surface area contributed by atoms with Gasteiger partial charge < -0.3 is 63.3 Å². The third-order valence-corrected chi connectivity index (χ3v) is 10.8. The summed E-state index contributed by atoms with van der Waals surface area (Å²) in [5, 5.41) is 45.8. The molecular formula is C40H69NO13. The van der Waals surface area contributed by atoms with Crippen molar-refractivity contribution in [2.45, 2.75) is 172 Å². The fraction of sp³-hybridized carbons (Fsp3) is 0.850. The first-order valence-corrected chi connectivity index (χ1v) is 19.6. The number of ether oxygens (including phenoxy) is 7. The SMILES string of the molecule is COC1[C@H](O)CC(=O)O[C@H](C)C/C=C/C=C/[C@H](O)[C@H](C)C[C@H](CC=O)[C@@H]1O[C@@H]1O[C@H](C)[C@@H](O[C@H]2C[C@@](C)(O)[C@@H](OCCC(C)C)[C@H](C)O2)[C@H](N(C)C)[C@H]1O. The monoisotopic (exact) mass is 771 g/mol. The average molecular weight is 772 g/mol. The maximum Gasteiger partial charge on any atom is 0.308 e. The number of aldehydes is 1. The van der Waals surface area contributed by atoms with Crippen LogP contribution in [0.4, 0.5) is 0 Å². The van der Waals surface area contributed by atoms with Crippen LogP contribution in [0.1, 0.15) is 87.0 Å². The summed E-state index contributed by atoms with van der Waals surface area (Å²) in [7, 11) is 4.95. The first-order chi connectivity index (χ1) is 25.4. The quantitative estimate of drug-likeness (QED) is 0.168. The number of likely N-dealkylation sites (N-methyl/N-ethyl adjacent to an activating group) is 1. The Morgan fingerprint density at radius 3 is 2.33 bits per heavy atom. The fourth-order valence-corrected chi connectivity index (χ4v) is 7.78. The highest BCUT2D eigenvalue weighted by Gasteiger charge is 2.52. The summed E-state index contributed by atoms with van der Waals surface area (Å²) in [6, 6.07) is -0.695. The molecule has 54 heavy (non-hydrogen) atoms. The van der Waals surface area contributed by atoms with E-state index in [-0.39, 0.29) is 25.2 Å². The van der Waals surface area contributed by atoms with Crippen molar-refractivity contribution in [3.8, 4) is 0 Å². The second kappa shape index (κ2) is 21.6. The van der Waals surface area contributed by atoms with E-state index in [4.69, 9.17) is 33.2 Å². The van der Waals surface area contributed by atoms with Crippen LogP contribution in [0.25, 0.3) is 0 Å². The van der Waals surface area contributed by atoms with Crippen molar-refractivity contribution < 1.29 is 63.2 Å². The summed E-state index contributed by atoms with van der Waals surface area (Å²) < 4.78 is 43.0. The number of aliphatic hydroxyl groups excluding tert-OH is 3. The van der Waals surface area contributed by atoms with Crippen molar-refractivity contribution in [1.82, 2.24) is 4.90 Å². The second-order valence-corrected chi connectivity index (χ2v) is 16.3. The number of cyclic esters (lactones) is 1. The fourth-order valence-electron chi connectivity index (χ4n) is 7.78. The van der Waals surface area contributed by atoms with Crippen LogP contribution in [0.5, 0.6) is 0 Å². The largest absolute Gasteiger partial charge is 0.462 e. The van der Waals surface area contributed by atoms with Gasteiger partial charge in [0, 0.05) is 33.0 Å². The van der Waals surface area contributed by atoms with Crippen LogP contribution < -0.4 is 0 Å². The van der Waals surface area contributed by atoms with Crippen LogP contribution in [-0.2, 0) is 42.7 Å². The lowest BCUT2D eigenvalue weighted by Crippen LogP contribution is -2.66. The van der Waals surface area contributed by atoms with Crippen molar-refractivity contribution in [2.24, 2.45) is 17.8 Å². The number of nitrogens with zero attached hydrogens (tertiary/aromatic N) is 1. The molecule has 0 aromatic rings. The molecule has 0 radical (unpaired) electrons. The average Bonchev–Trinajstić information content (AvgIpc) is 3.06. The Hall–Kier alpha value is -1.82. The zero-order valence-corrected chi connectivity index (χ0v) is 34.0. The van der Waals surface area contributed by atoms with E-state index in [1.54, 1.807) is 58.0 Å². The third kappa shape index (κ3) is 13.1. The van der Waals surface area contributed by atoms with E-state index in [2.05, 4.69) is 13.8 Å². The first kappa shape index (κ1) is 46.6. The minimum Gasteiger partial charge on any atom is -0.462 e. The molecule has 0 aliphatic carbocycles. The Morgan fingerprint density at radius 1 is 1.02 bits per heavy atom. The van der Waals surface area contributed by atoms with Gasteiger partial charge >= 0.3 is 5.97 Å². The summed E-state index contributed by atoms with van der Waals surface area (Å²) in [4.78, 5) is 26.8. The van der Waals surface area contributed by atoms with E-state index < -0.39 is 104 Å². The predicted molar refractivity (Wildman–Crippen MR) is 200 cm³/mol. The molecule has 0 aromatic carbocycles. The molecule has 3 rings (SSSR count). The number of hydrogen-bond donors (Lipinski definition) is 4. The molecule has 312 valence electrons. The number of rotatable bonds is 12. The van der Waals surface area contributed by atoms with Crippen LogP contribution >= 0.6 is 0 Å². The molecule has 14 nitrogen and oxygen atoms in total. The Labute approximate surface area is 322 Å². The van der Waals surface area contributed by atoms with Gasteiger partial charge in [0.2, 0.25) is 0 Å². The van der Waals surface area contributed by atoms with Crippen LogP contribution in [0.2, 0.25) is 0 Å². The van der Waals surface area contributed by atoms with Crippen molar-refractivity contribution in [2.75, 3.05) is 27.8 Å². The smallest absolute Gasteiger partial charge is 0.308 e. The van der Waals surface area contributed by atoms with Gasteiger partial charge in [-0.25, -0.2) is 0 Å². The van der Waals surface area contributed by atoms with Gasteiger partial charge in [-0.05, 0) is 72.4 Å². The highest BCUT2D eigenvalue weighted by atomic mass is 16.7. The molecule has 3 heterocycles. The lowest BCUT2D eigenvalue weighted by atomic mass is 9.82. The third-order valence-electron chi connectivity index (χ3n) is 10.8. The van der Waals surface area contributed by atoms with Gasteiger partial charge in [-0.15, -0.1) is 0 Å². The predicted octanol–water partition coefficient (Wildman–Crippen LogP) is 2.92. The molecule has 0 amide bonds. The summed E-state index contributed by atoms with van der Waals surface area (Å²) in [5.41, 5.74) is -1.24. The van der Waals surface area contributed by atoms with Gasteiger partial charge in [-0.2, -0.15) is 0 Å². The Kier molecular flexibility index (Phi) is 18.7. The maximum absolute atomic E-state index is 12.9. The minimum absolute atomic E-state index is 0.0278. The highest BCUT2D eigenvalue weighted by molar-refractivity contribution is 5.70. The van der Waals surface area contributed by atoms with Crippen LogP contribution in [0.15, 0.2) is 24.3 Å². The first-order valence-electron chi connectivity index (χ1n) is 19.6. The van der Waals surface area contributed by atoms with Crippen molar-refractivity contribution in [1.29, 1.82) is 0 Å². The van der Waals surface area contributed by atoms with E-state index in [0.717, 1.165) is 12.7 Å². The van der Waals surface area contributed by atoms with E-state index in [9.17, 15) is 30.0 Å². The molecule has 16 atom stereocenters. The number of carbonyl (C=O) groups is 2. The molecule has 1 unspecified atom stereocenters. The van der Waals surface area contributed by atoms with Crippen molar-refractivity contribution in [3.05, 3.63) is 24.3 Å². The number of methoxy groups -OCH3 is 1. The van der Waals surface area contributed by atoms with Gasteiger partial charge in [-0.3, -0.25) is 4.79 Å². The summed E-state index contributed by atoms with van der Waals surface area (Å²) >= 11 is 0. The Morgan fingerprint density at radius 2 is 1.72 bits per heavy atom. The molecule has 3 aliphatic heterocycles. The van der Waals surface area contributed by atoms with Crippen molar-refractivity contribution in [3.63, 3.8) is 0 Å². The number of carbonyl (C=O) groups excluding carboxylic acids is 2. The molecule has 3 aliphatic rings. The molecule has 2 saturated heterocycles. The topological polar surface area (TPSA) is 183 Å². The van der Waals surface area contributed by atoms with E-state index in [0.29, 0.717) is 18.9 Å². The Bertz CT molecular complexity index is 1200. The zero-order valence-electron chi connectivity index (χ0n) is 34.0. The van der Waals surface area contributed by atoms with Crippen molar-refractivity contribution >= 4 is 12.3 Å².